The van der Waals surface area contributed by atoms with E-state index in [1.807, 2.05) is 13.8 Å². The molecule has 0 saturated heterocycles. The van der Waals surface area contributed by atoms with Crippen LogP contribution < -0.4 is 31.9 Å². The highest BCUT2D eigenvalue weighted by Crippen LogP contribution is 2.59. The van der Waals surface area contributed by atoms with E-state index in [1.54, 1.807) is 86.9 Å². The maximum atomic E-state index is 14.3. The second-order valence-corrected chi connectivity index (χ2v) is 27.1. The summed E-state index contributed by atoms with van der Waals surface area (Å²) in [7, 11) is -7.86. The largest absolute Gasteiger partial charge is 0.465 e. The summed E-state index contributed by atoms with van der Waals surface area (Å²) < 4.78 is 77.4. The second kappa shape index (κ2) is 35.4. The number of para-hydroxylation sites is 2. The number of nitrogen functional groups attached to an aromatic ring is 2. The predicted octanol–water partition coefficient (Wildman–Crippen LogP) is 12.2. The number of hydrogen-bond donors (Lipinski definition) is 2. The SMILES string of the molecule is CCCC(=O)OCC1(CO[P@@](=O)(C[C@@H](C)C(=O)OCC(CCC)CCC)Oc2ccccc2)C/C1=C/n1ccc(N)nc1=O.CCCC(=O)OCC1(CO[P@@](=O)(C[C@@H](C)C(=O)OCC(CCC)CCC)Oc2ccccc2)C/C1=C/n1ccc(N)nc1=O. The molecule has 2 aliphatic rings. The monoisotopic (exact) mass is 1260 g/mol. The first kappa shape index (κ1) is 71.9. The summed E-state index contributed by atoms with van der Waals surface area (Å²) in [5, 5.41) is 0. The van der Waals surface area contributed by atoms with E-state index >= 15 is 0 Å². The van der Waals surface area contributed by atoms with Crippen LogP contribution in [0, 0.1) is 34.5 Å². The lowest BCUT2D eigenvalue weighted by atomic mass is 9.99. The average Bonchev–Trinajstić information content (AvgIpc) is 4.18. The lowest BCUT2D eigenvalue weighted by Crippen LogP contribution is -2.25. The van der Waals surface area contributed by atoms with Crippen LogP contribution in [0.4, 0.5) is 11.6 Å². The lowest BCUT2D eigenvalue weighted by Gasteiger charge is -2.25. The number of carbonyl (C=O) groups excluding carboxylic acids is 4. The molecular weight excluding hydrogens is 1170 g/mol. The number of nitrogens with two attached hydrogens (primary N) is 2. The highest BCUT2D eigenvalue weighted by Gasteiger charge is 2.54. The van der Waals surface area contributed by atoms with E-state index < -0.39 is 61.2 Å². The number of hydrogen-bond acceptors (Lipinski definition) is 20. The fourth-order valence-corrected chi connectivity index (χ4v) is 13.6. The van der Waals surface area contributed by atoms with Crippen molar-refractivity contribution in [3.8, 4) is 11.5 Å². The summed E-state index contributed by atoms with van der Waals surface area (Å²) in [5.41, 5.74) is 9.92. The summed E-state index contributed by atoms with van der Waals surface area (Å²) in [6.45, 7) is 15.8. The van der Waals surface area contributed by atoms with Crippen molar-refractivity contribution in [3.63, 3.8) is 0 Å². The maximum absolute atomic E-state index is 14.3. The Hall–Kier alpha value is -6.86. The highest BCUT2D eigenvalue weighted by molar-refractivity contribution is 7.54. The summed E-state index contributed by atoms with van der Waals surface area (Å²) in [5.74, 6) is -1.77. The van der Waals surface area contributed by atoms with Gasteiger partial charge in [0, 0.05) is 37.6 Å². The Morgan fingerprint density at radius 3 is 1.20 bits per heavy atom. The van der Waals surface area contributed by atoms with Crippen LogP contribution in [0.1, 0.15) is 145 Å². The van der Waals surface area contributed by atoms with Gasteiger partial charge in [-0.1, -0.05) is 117 Å². The Labute approximate surface area is 517 Å². The van der Waals surface area contributed by atoms with Crippen LogP contribution in [0.5, 0.6) is 11.5 Å². The third kappa shape index (κ3) is 23.6. The summed E-state index contributed by atoms with van der Waals surface area (Å²) >= 11 is 0. The molecule has 4 aromatic rings. The molecule has 0 amide bonds. The van der Waals surface area contributed by atoms with Crippen LogP contribution in [0.15, 0.2) is 106 Å². The van der Waals surface area contributed by atoms with Crippen molar-refractivity contribution in [1.82, 2.24) is 19.1 Å². The van der Waals surface area contributed by atoms with Gasteiger partial charge in [0.25, 0.3) is 0 Å². The predicted molar refractivity (Wildman–Crippen MR) is 338 cm³/mol. The van der Waals surface area contributed by atoms with Crippen LogP contribution in [-0.2, 0) is 56.3 Å². The van der Waals surface area contributed by atoms with Crippen LogP contribution in [0.25, 0.3) is 12.4 Å². The number of ether oxygens (including phenoxy) is 4. The first-order chi connectivity index (χ1) is 42.0. The van der Waals surface area contributed by atoms with Gasteiger partial charge in [0.2, 0.25) is 0 Å². The minimum atomic E-state index is -3.93. The Morgan fingerprint density at radius 2 is 0.886 bits per heavy atom. The number of esters is 4. The van der Waals surface area contributed by atoms with Gasteiger partial charge in [-0.2, -0.15) is 9.97 Å². The molecule has 2 saturated carbocycles. The molecule has 0 bridgehead atoms. The van der Waals surface area contributed by atoms with Crippen molar-refractivity contribution >= 4 is 63.1 Å². The van der Waals surface area contributed by atoms with Crippen LogP contribution >= 0.6 is 15.2 Å². The molecule has 22 nitrogen and oxygen atoms in total. The molecule has 6 atom stereocenters. The van der Waals surface area contributed by atoms with Gasteiger partial charge >= 0.3 is 50.4 Å². The Kier molecular flexibility index (Phi) is 28.9. The van der Waals surface area contributed by atoms with Gasteiger partial charge in [0.1, 0.15) is 36.3 Å². The molecule has 2 heterocycles. The minimum Gasteiger partial charge on any atom is -0.465 e. The van der Waals surface area contributed by atoms with Crippen molar-refractivity contribution in [3.05, 3.63) is 117 Å². The number of benzene rings is 2. The van der Waals surface area contributed by atoms with Gasteiger partial charge in [-0.3, -0.25) is 37.4 Å². The smallest absolute Gasteiger partial charge is 0.380 e. The molecule has 0 aliphatic heterocycles. The van der Waals surface area contributed by atoms with Gasteiger partial charge in [0.15, 0.2) is 0 Å². The van der Waals surface area contributed by atoms with Gasteiger partial charge in [-0.15, -0.1) is 0 Å². The number of rotatable bonds is 38. The summed E-state index contributed by atoms with van der Waals surface area (Å²) in [6, 6.07) is 20.2. The second-order valence-electron chi connectivity index (χ2n) is 23.0. The van der Waals surface area contributed by atoms with Crippen molar-refractivity contribution in [1.29, 1.82) is 0 Å². The quantitative estimate of drug-likeness (QED) is 0.0239. The number of nitrogens with zero attached hydrogens (tertiary/aromatic N) is 4. The first-order valence-corrected chi connectivity index (χ1v) is 34.2. The molecule has 2 unspecified atom stereocenters. The Balaban J connectivity index is 0.000000321. The van der Waals surface area contributed by atoms with E-state index in [0.717, 1.165) is 62.5 Å². The van der Waals surface area contributed by atoms with Crippen molar-refractivity contribution in [2.24, 2.45) is 34.5 Å². The molecule has 24 heteroatoms. The van der Waals surface area contributed by atoms with Crippen LogP contribution in [0.2, 0.25) is 0 Å². The zero-order valence-electron chi connectivity index (χ0n) is 52.5. The number of anilines is 2. The molecule has 2 fully saturated rings. The lowest BCUT2D eigenvalue weighted by molar-refractivity contribution is -0.149. The molecule has 2 aromatic heterocycles. The van der Waals surface area contributed by atoms with E-state index in [1.165, 1.54) is 33.7 Å². The average molecular weight is 1260 g/mol. The third-order valence-electron chi connectivity index (χ3n) is 15.0. The standard InChI is InChI=1S/2C32H46N3O8P/c2*1-5-11-25(12-6-2)20-40-30(37)24(4)21-44(39,43-27-14-9-8-10-15-27)42-23-32(22-41-29(36)13-7-3)18-26(32)19-35-17-16-28(33)34-31(35)38/h2*8-10,14-17,19,24-25H,5-7,11-13,18,20-23H2,1-4H3,(H2,33,34,38)/b2*26-19-/t2*24-,32?,44+/m11/s1. The topological polar surface area (TPSA) is 298 Å². The molecule has 0 spiro atoms. The van der Waals surface area contributed by atoms with Gasteiger partial charge in [0.05, 0.1) is 61.4 Å². The summed E-state index contributed by atoms with van der Waals surface area (Å²) in [4.78, 5) is 82.6. The normalized spacial score (nSPS) is 18.9. The van der Waals surface area contributed by atoms with Crippen molar-refractivity contribution < 1.29 is 65.4 Å². The first-order valence-electron chi connectivity index (χ1n) is 30.8. The van der Waals surface area contributed by atoms with E-state index in [4.69, 9.17) is 48.5 Å². The molecule has 2 aromatic carbocycles. The maximum Gasteiger partial charge on any atom is 0.380 e. The summed E-state index contributed by atoms with van der Waals surface area (Å²) in [6.07, 6.45) is 16.2. The number of carbonyl (C=O) groups is 4. The van der Waals surface area contributed by atoms with Gasteiger partial charge in [-0.05, 0) is 111 Å². The molecule has 4 N–H and O–H groups in total. The van der Waals surface area contributed by atoms with Crippen molar-refractivity contribution in [2.45, 2.75) is 145 Å². The third-order valence-corrected chi connectivity index (χ3v) is 19.0. The van der Waals surface area contributed by atoms with Crippen molar-refractivity contribution in [2.75, 3.05) is 63.4 Å². The molecular formula is C64H92N6O16P2. The van der Waals surface area contributed by atoms with Crippen LogP contribution in [-0.4, -0.2) is 94.9 Å². The van der Waals surface area contributed by atoms with Gasteiger partial charge in [-0.25, -0.2) is 18.7 Å². The Bertz CT molecular complexity index is 2960. The fraction of sp³-hybridized carbons (Fsp3) is 0.562. The van der Waals surface area contributed by atoms with E-state index in [-0.39, 0.29) is 87.0 Å². The highest BCUT2D eigenvalue weighted by atomic mass is 31.2. The zero-order valence-corrected chi connectivity index (χ0v) is 54.3. The van der Waals surface area contributed by atoms with Gasteiger partial charge < -0.3 is 39.5 Å². The molecule has 484 valence electrons. The molecule has 6 rings (SSSR count). The molecule has 0 radical (unpaired) electrons. The van der Waals surface area contributed by atoms with Crippen LogP contribution in [0.3, 0.4) is 0 Å². The minimum absolute atomic E-state index is 0.0337. The molecule has 88 heavy (non-hydrogen) atoms. The van der Waals surface area contributed by atoms with E-state index in [9.17, 15) is 37.9 Å². The number of aromatic nitrogens is 4. The molecule has 2 aliphatic carbocycles. The van der Waals surface area contributed by atoms with E-state index in [0.29, 0.717) is 50.4 Å². The fourth-order valence-electron chi connectivity index (χ4n) is 9.76. The van der Waals surface area contributed by atoms with E-state index in [2.05, 4.69) is 37.7 Å². The Morgan fingerprint density at radius 1 is 0.534 bits per heavy atom. The zero-order chi connectivity index (χ0) is 64.3.